The summed E-state index contributed by atoms with van der Waals surface area (Å²) in [6, 6.07) is 8.05. The highest BCUT2D eigenvalue weighted by Gasteiger charge is 2.42. The zero-order valence-corrected chi connectivity index (χ0v) is 15.3. The normalized spacial score (nSPS) is 18.2. The van der Waals surface area contributed by atoms with Gasteiger partial charge in [-0.3, -0.25) is 9.78 Å². The number of hydrogen-bond acceptors (Lipinski definition) is 4. The number of benzene rings is 1. The number of aromatic nitrogens is 1. The van der Waals surface area contributed by atoms with Crippen LogP contribution in [-0.2, 0) is 0 Å². The second-order valence-corrected chi connectivity index (χ2v) is 7.63. The highest BCUT2D eigenvalue weighted by Crippen LogP contribution is 2.56. The van der Waals surface area contributed by atoms with E-state index in [4.69, 9.17) is 11.1 Å². The van der Waals surface area contributed by atoms with Crippen LogP contribution in [0.25, 0.3) is 16.5 Å². The predicted molar refractivity (Wildman–Crippen MR) is 109 cm³/mol. The molecule has 0 aliphatic heterocycles. The molecule has 27 heavy (non-hydrogen) atoms. The number of nitrogens with two attached hydrogens (primary N) is 1. The minimum absolute atomic E-state index is 0.209. The number of hydrogen-bond donors (Lipinski definition) is 3. The van der Waals surface area contributed by atoms with Crippen molar-refractivity contribution in [3.63, 3.8) is 0 Å². The van der Waals surface area contributed by atoms with E-state index in [1.54, 1.807) is 6.20 Å². The van der Waals surface area contributed by atoms with Gasteiger partial charge in [0, 0.05) is 29.1 Å². The largest absolute Gasteiger partial charge is 0.401 e. The highest BCUT2D eigenvalue weighted by molar-refractivity contribution is 5.99. The molecule has 2 aromatic rings. The second-order valence-electron chi connectivity index (χ2n) is 7.63. The van der Waals surface area contributed by atoms with Gasteiger partial charge in [0.2, 0.25) is 0 Å². The van der Waals surface area contributed by atoms with Crippen LogP contribution in [0.4, 0.5) is 0 Å². The van der Waals surface area contributed by atoms with E-state index < -0.39 is 0 Å². The Hall–Kier alpha value is -2.95. The van der Waals surface area contributed by atoms with E-state index in [-0.39, 0.29) is 12.5 Å². The van der Waals surface area contributed by atoms with E-state index >= 15 is 0 Å². The van der Waals surface area contributed by atoms with Crippen molar-refractivity contribution in [2.45, 2.75) is 32.1 Å². The number of carbonyl (C=O) groups is 1. The average molecular weight is 360 g/mol. The summed E-state index contributed by atoms with van der Waals surface area (Å²) < 4.78 is 0. The number of nitrogens with one attached hydrogen (secondary N) is 2. The molecule has 1 heterocycles. The van der Waals surface area contributed by atoms with Gasteiger partial charge in [-0.05, 0) is 55.2 Å². The minimum atomic E-state index is -0.219. The maximum Gasteiger partial charge on any atom is 0.253 e. The second kappa shape index (κ2) is 6.99. The Bertz CT molecular complexity index is 969. The lowest BCUT2D eigenvalue weighted by atomic mass is 9.84. The quantitative estimate of drug-likeness (QED) is 0.708. The Morgan fingerprint density at radius 2 is 2.19 bits per heavy atom. The molecule has 0 bridgehead atoms. The standard InChI is InChI=1S/C22H24N4O/c23-11-6-18(24)14-26-21(27)17-12-16-2-1-3-19(20(16)25-13-17)15-4-7-22(8-5-15)9-10-22/h1-4,6,11-13,23H,5,7-10,14,24H2,(H,26,27)/b18-6-,23-11?. The Labute approximate surface area is 158 Å². The molecule has 1 aromatic heterocycles. The summed E-state index contributed by atoms with van der Waals surface area (Å²) in [5, 5.41) is 10.7. The fourth-order valence-corrected chi connectivity index (χ4v) is 3.81. The molecule has 1 amide bonds. The number of fused-ring (bicyclic) bond motifs is 1. The average Bonchev–Trinajstić information content (AvgIpc) is 3.45. The molecule has 2 aliphatic rings. The summed E-state index contributed by atoms with van der Waals surface area (Å²) >= 11 is 0. The van der Waals surface area contributed by atoms with E-state index in [0.29, 0.717) is 16.7 Å². The summed E-state index contributed by atoms with van der Waals surface area (Å²) in [4.78, 5) is 17.0. The van der Waals surface area contributed by atoms with Gasteiger partial charge in [-0.25, -0.2) is 0 Å². The summed E-state index contributed by atoms with van der Waals surface area (Å²) in [5.41, 5.74) is 10.8. The third-order valence-corrected chi connectivity index (χ3v) is 5.73. The number of allylic oxidation sites excluding steroid dienone is 3. The molecule has 1 spiro atoms. The lowest BCUT2D eigenvalue weighted by Crippen LogP contribution is -2.28. The summed E-state index contributed by atoms with van der Waals surface area (Å²) in [7, 11) is 0. The third-order valence-electron chi connectivity index (χ3n) is 5.73. The van der Waals surface area contributed by atoms with Crippen molar-refractivity contribution in [2.75, 3.05) is 6.54 Å². The van der Waals surface area contributed by atoms with Crippen LogP contribution in [-0.4, -0.2) is 23.7 Å². The fraction of sp³-hybridized carbons (Fsp3) is 0.318. The first-order chi connectivity index (χ1) is 13.1. The number of pyridine rings is 1. The maximum atomic E-state index is 12.4. The first-order valence-corrected chi connectivity index (χ1v) is 9.42. The highest BCUT2D eigenvalue weighted by atomic mass is 16.1. The van der Waals surface area contributed by atoms with Crippen molar-refractivity contribution < 1.29 is 4.79 Å². The molecule has 4 N–H and O–H groups in total. The molecular weight excluding hydrogens is 336 g/mol. The topological polar surface area (TPSA) is 91.9 Å². The predicted octanol–water partition coefficient (Wildman–Crippen LogP) is 3.80. The molecule has 0 atom stereocenters. The van der Waals surface area contributed by atoms with Crippen molar-refractivity contribution in [3.05, 3.63) is 59.4 Å². The number of amides is 1. The van der Waals surface area contributed by atoms with E-state index in [9.17, 15) is 4.79 Å². The van der Waals surface area contributed by atoms with Gasteiger partial charge >= 0.3 is 0 Å². The van der Waals surface area contributed by atoms with Crippen LogP contribution in [0.5, 0.6) is 0 Å². The SMILES string of the molecule is N=C/C=C(\N)CNC(=O)c1cnc2c(C3=CCC4(CC3)CC4)cccc2c1. The molecule has 1 saturated carbocycles. The first kappa shape index (κ1) is 17.5. The lowest BCUT2D eigenvalue weighted by Gasteiger charge is -2.21. The molecule has 138 valence electrons. The van der Waals surface area contributed by atoms with Crippen LogP contribution in [0.3, 0.4) is 0 Å². The van der Waals surface area contributed by atoms with E-state index in [2.05, 4.69) is 22.4 Å². The molecule has 0 unspecified atom stereocenters. The van der Waals surface area contributed by atoms with E-state index in [1.807, 2.05) is 18.2 Å². The monoisotopic (exact) mass is 360 g/mol. The van der Waals surface area contributed by atoms with E-state index in [1.165, 1.54) is 42.9 Å². The van der Waals surface area contributed by atoms with Gasteiger partial charge < -0.3 is 16.5 Å². The molecule has 4 rings (SSSR count). The Kier molecular flexibility index (Phi) is 4.52. The van der Waals surface area contributed by atoms with Crippen molar-refractivity contribution >= 4 is 28.6 Å². The van der Waals surface area contributed by atoms with Crippen molar-refractivity contribution in [1.29, 1.82) is 5.41 Å². The molecule has 5 nitrogen and oxygen atoms in total. The van der Waals surface area contributed by atoms with Gasteiger partial charge in [-0.1, -0.05) is 24.3 Å². The molecule has 2 aliphatic carbocycles. The summed E-state index contributed by atoms with van der Waals surface area (Å²) in [6.45, 7) is 0.209. The zero-order valence-electron chi connectivity index (χ0n) is 15.3. The molecule has 5 heteroatoms. The molecular formula is C22H24N4O. The Morgan fingerprint density at radius 1 is 1.33 bits per heavy atom. The van der Waals surface area contributed by atoms with Crippen molar-refractivity contribution in [2.24, 2.45) is 11.1 Å². The van der Waals surface area contributed by atoms with Gasteiger partial charge in [-0.2, -0.15) is 0 Å². The number of para-hydroxylation sites is 1. The van der Waals surface area contributed by atoms with Crippen molar-refractivity contribution in [1.82, 2.24) is 10.3 Å². The van der Waals surface area contributed by atoms with Crippen LogP contribution < -0.4 is 11.1 Å². The Morgan fingerprint density at radius 3 is 2.89 bits per heavy atom. The smallest absolute Gasteiger partial charge is 0.253 e. The third kappa shape index (κ3) is 3.63. The van der Waals surface area contributed by atoms with Crippen molar-refractivity contribution in [3.8, 4) is 0 Å². The van der Waals surface area contributed by atoms with Crippen LogP contribution in [0.15, 0.2) is 48.3 Å². The molecule has 0 saturated heterocycles. The number of rotatable bonds is 5. The van der Waals surface area contributed by atoms with Crippen LogP contribution in [0, 0.1) is 10.8 Å². The maximum absolute atomic E-state index is 12.4. The fourth-order valence-electron chi connectivity index (χ4n) is 3.81. The minimum Gasteiger partial charge on any atom is -0.401 e. The summed E-state index contributed by atoms with van der Waals surface area (Å²) in [5.74, 6) is -0.219. The Balaban J connectivity index is 1.57. The van der Waals surface area contributed by atoms with Crippen LogP contribution >= 0.6 is 0 Å². The molecule has 1 aromatic carbocycles. The lowest BCUT2D eigenvalue weighted by molar-refractivity contribution is 0.0956. The molecule has 0 radical (unpaired) electrons. The first-order valence-electron chi connectivity index (χ1n) is 9.42. The number of carbonyl (C=O) groups excluding carboxylic acids is 1. The van der Waals surface area contributed by atoms with Gasteiger partial charge in [0.15, 0.2) is 0 Å². The number of nitrogens with zero attached hydrogens (tertiary/aromatic N) is 1. The zero-order chi connectivity index (χ0) is 18.9. The van der Waals surface area contributed by atoms with Crippen LogP contribution in [0.2, 0.25) is 0 Å². The van der Waals surface area contributed by atoms with Gasteiger partial charge in [0.05, 0.1) is 17.6 Å². The summed E-state index contributed by atoms with van der Waals surface area (Å²) in [6.07, 6.45) is 12.9. The van der Waals surface area contributed by atoms with Gasteiger partial charge in [-0.15, -0.1) is 0 Å². The van der Waals surface area contributed by atoms with Gasteiger partial charge in [0.1, 0.15) is 0 Å². The van der Waals surface area contributed by atoms with Gasteiger partial charge in [0.25, 0.3) is 5.91 Å². The molecule has 1 fully saturated rings. The van der Waals surface area contributed by atoms with Crippen LogP contribution in [0.1, 0.15) is 48.0 Å². The van der Waals surface area contributed by atoms with E-state index in [0.717, 1.165) is 23.5 Å².